The van der Waals surface area contributed by atoms with Gasteiger partial charge in [0.2, 0.25) is 4.80 Å². The van der Waals surface area contributed by atoms with E-state index < -0.39 is 0 Å². The van der Waals surface area contributed by atoms with Gasteiger partial charge in [0.15, 0.2) is 5.82 Å². The lowest BCUT2D eigenvalue weighted by Crippen LogP contribution is -1.98. The molecule has 2 rings (SSSR count). The third-order valence-corrected chi connectivity index (χ3v) is 3.28. The molecule has 0 atom stereocenters. The summed E-state index contributed by atoms with van der Waals surface area (Å²) in [5.74, 6) is 1.01. The minimum atomic E-state index is 0. The second-order valence-corrected chi connectivity index (χ2v) is 4.33. The average molecular weight is 314 g/mol. The van der Waals surface area contributed by atoms with Crippen LogP contribution in [0.1, 0.15) is 13.8 Å². The monoisotopic (exact) mass is 313 g/mol. The van der Waals surface area contributed by atoms with E-state index in [1.807, 2.05) is 25.1 Å². The first kappa shape index (κ1) is 14.1. The molecular weight excluding hydrogens is 298 g/mol. The number of benzene rings is 1. The van der Waals surface area contributed by atoms with Crippen LogP contribution in [0.25, 0.3) is 11.4 Å². The molecule has 1 aromatic carbocycles. The topological polar surface area (TPSA) is 30.2 Å². The molecular formula is C12H16BrN3S. The van der Waals surface area contributed by atoms with Crippen LogP contribution < -0.4 is 4.80 Å². The Morgan fingerprint density at radius 3 is 2.53 bits per heavy atom. The van der Waals surface area contributed by atoms with E-state index in [2.05, 4.69) is 33.0 Å². The number of hydrogen-bond acceptors (Lipinski definition) is 3. The summed E-state index contributed by atoms with van der Waals surface area (Å²) < 4.78 is 2.17. The van der Waals surface area contributed by atoms with Gasteiger partial charge in [0.25, 0.3) is 0 Å². The largest absolute Gasteiger partial charge is 0.279 e. The Balaban J connectivity index is 0.00000144. The Hall–Kier alpha value is -0.940. The summed E-state index contributed by atoms with van der Waals surface area (Å²) in [6, 6.07) is 10.2. The van der Waals surface area contributed by atoms with E-state index in [9.17, 15) is 0 Å². The Bertz CT molecular complexity index is 516. The van der Waals surface area contributed by atoms with E-state index >= 15 is 0 Å². The maximum Gasteiger partial charge on any atom is 0.222 e. The maximum absolute atomic E-state index is 4.56. The lowest BCUT2D eigenvalue weighted by molar-refractivity contribution is 0.833. The molecule has 1 heterocycles. The minimum absolute atomic E-state index is 0. The summed E-state index contributed by atoms with van der Waals surface area (Å²) in [7, 11) is 0. The summed E-state index contributed by atoms with van der Waals surface area (Å²) >= 11 is 1.62. The first-order valence-corrected chi connectivity index (χ1v) is 6.26. The molecule has 0 aliphatic heterocycles. The first-order valence-electron chi connectivity index (χ1n) is 5.49. The summed E-state index contributed by atoms with van der Waals surface area (Å²) in [6.07, 6.45) is 0. The second kappa shape index (κ2) is 6.71. The SMILES string of the molecule is Br.CCN=c1nc(-c2ccccc2)n(CC)s1. The van der Waals surface area contributed by atoms with Crippen molar-refractivity contribution >= 4 is 28.5 Å². The van der Waals surface area contributed by atoms with E-state index in [0.29, 0.717) is 0 Å². The molecule has 0 fully saturated rings. The molecule has 2 aromatic rings. The van der Waals surface area contributed by atoms with E-state index in [-0.39, 0.29) is 17.0 Å². The summed E-state index contributed by atoms with van der Waals surface area (Å²) in [4.78, 5) is 9.77. The predicted molar refractivity (Wildman–Crippen MR) is 77.6 cm³/mol. The zero-order valence-electron chi connectivity index (χ0n) is 9.96. The van der Waals surface area contributed by atoms with E-state index in [1.54, 1.807) is 11.5 Å². The molecule has 0 bridgehead atoms. The zero-order valence-corrected chi connectivity index (χ0v) is 12.5. The van der Waals surface area contributed by atoms with Crippen molar-refractivity contribution < 1.29 is 0 Å². The van der Waals surface area contributed by atoms with E-state index in [1.165, 1.54) is 0 Å². The van der Waals surface area contributed by atoms with Crippen LogP contribution >= 0.6 is 28.5 Å². The van der Waals surface area contributed by atoms with Crippen molar-refractivity contribution in [1.82, 2.24) is 8.94 Å². The van der Waals surface area contributed by atoms with Gasteiger partial charge < -0.3 is 0 Å². The lowest BCUT2D eigenvalue weighted by atomic mass is 10.2. The van der Waals surface area contributed by atoms with Gasteiger partial charge in [-0.15, -0.1) is 17.0 Å². The fourth-order valence-corrected chi connectivity index (χ4v) is 2.39. The van der Waals surface area contributed by atoms with Gasteiger partial charge >= 0.3 is 0 Å². The van der Waals surface area contributed by atoms with E-state index in [4.69, 9.17) is 0 Å². The van der Waals surface area contributed by atoms with Crippen LogP contribution in [0, 0.1) is 0 Å². The maximum atomic E-state index is 4.56. The Kier molecular flexibility index (Phi) is 5.58. The highest BCUT2D eigenvalue weighted by Gasteiger charge is 2.06. The standard InChI is InChI=1S/C12H15N3S.BrH/c1-3-13-12-14-11(15(4-2)16-12)10-8-6-5-7-9-10;/h5-9H,3-4H2,1-2H3;1H. The molecule has 0 N–H and O–H groups in total. The Labute approximate surface area is 116 Å². The van der Waals surface area contributed by atoms with Crippen molar-refractivity contribution in [2.75, 3.05) is 6.54 Å². The molecule has 5 heteroatoms. The van der Waals surface area contributed by atoms with Gasteiger partial charge in [0, 0.05) is 18.7 Å². The van der Waals surface area contributed by atoms with E-state index in [0.717, 1.165) is 29.3 Å². The predicted octanol–water partition coefficient (Wildman–Crippen LogP) is 3.13. The molecule has 3 nitrogen and oxygen atoms in total. The van der Waals surface area contributed by atoms with Crippen molar-refractivity contribution in [3.8, 4) is 11.4 Å². The highest BCUT2D eigenvalue weighted by molar-refractivity contribution is 8.93. The molecule has 1 aromatic heterocycles. The summed E-state index contributed by atoms with van der Waals surface area (Å²) in [5.41, 5.74) is 1.15. The van der Waals surface area contributed by atoms with Crippen LogP contribution in [0.15, 0.2) is 35.3 Å². The van der Waals surface area contributed by atoms with Crippen LogP contribution in [0.5, 0.6) is 0 Å². The molecule has 0 amide bonds. The Morgan fingerprint density at radius 1 is 1.24 bits per heavy atom. The van der Waals surface area contributed by atoms with Gasteiger partial charge in [0.1, 0.15) is 0 Å². The van der Waals surface area contributed by atoms with Crippen molar-refractivity contribution in [2.24, 2.45) is 4.99 Å². The Morgan fingerprint density at radius 2 is 1.94 bits per heavy atom. The van der Waals surface area contributed by atoms with Crippen LogP contribution in [0.2, 0.25) is 0 Å². The molecule has 0 aliphatic rings. The molecule has 0 spiro atoms. The van der Waals surface area contributed by atoms with Crippen LogP contribution in [0.4, 0.5) is 0 Å². The number of halogens is 1. The molecule has 0 saturated carbocycles. The lowest BCUT2D eigenvalue weighted by Gasteiger charge is -2.01. The van der Waals surface area contributed by atoms with Crippen molar-refractivity contribution in [2.45, 2.75) is 20.4 Å². The summed E-state index contributed by atoms with van der Waals surface area (Å²) in [5, 5.41) is 0. The molecule has 0 unspecified atom stereocenters. The third kappa shape index (κ3) is 3.26. The van der Waals surface area contributed by atoms with Crippen molar-refractivity contribution in [1.29, 1.82) is 0 Å². The van der Waals surface area contributed by atoms with Crippen molar-refractivity contribution in [3.05, 3.63) is 35.1 Å². The highest BCUT2D eigenvalue weighted by Crippen LogP contribution is 2.16. The first-order chi connectivity index (χ1) is 7.85. The third-order valence-electron chi connectivity index (χ3n) is 2.24. The zero-order chi connectivity index (χ0) is 11.4. The van der Waals surface area contributed by atoms with Crippen LogP contribution in [0.3, 0.4) is 0 Å². The van der Waals surface area contributed by atoms with Crippen LogP contribution in [-0.2, 0) is 6.54 Å². The van der Waals surface area contributed by atoms with Gasteiger partial charge in [-0.25, -0.2) is 0 Å². The normalized spacial score (nSPS) is 11.3. The number of hydrogen-bond donors (Lipinski definition) is 0. The number of aromatic nitrogens is 2. The van der Waals surface area contributed by atoms with Gasteiger partial charge in [-0.1, -0.05) is 30.3 Å². The second-order valence-electron chi connectivity index (χ2n) is 3.34. The number of rotatable bonds is 3. The molecule has 0 aliphatic carbocycles. The van der Waals surface area contributed by atoms with Gasteiger partial charge in [-0.2, -0.15) is 4.98 Å². The number of nitrogens with zero attached hydrogens (tertiary/aromatic N) is 3. The van der Waals surface area contributed by atoms with Gasteiger partial charge in [-0.05, 0) is 25.4 Å². The van der Waals surface area contributed by atoms with Crippen LogP contribution in [-0.4, -0.2) is 15.5 Å². The number of aryl methyl sites for hydroxylation is 1. The van der Waals surface area contributed by atoms with Gasteiger partial charge in [-0.3, -0.25) is 8.95 Å². The fourth-order valence-electron chi connectivity index (χ4n) is 1.52. The molecule has 0 saturated heterocycles. The molecule has 92 valence electrons. The highest BCUT2D eigenvalue weighted by atomic mass is 79.9. The van der Waals surface area contributed by atoms with Crippen molar-refractivity contribution in [3.63, 3.8) is 0 Å². The molecule has 0 radical (unpaired) electrons. The smallest absolute Gasteiger partial charge is 0.222 e. The minimum Gasteiger partial charge on any atom is -0.279 e. The average Bonchev–Trinajstić information content (AvgIpc) is 2.74. The molecule has 17 heavy (non-hydrogen) atoms. The quantitative estimate of drug-likeness (QED) is 0.856. The van der Waals surface area contributed by atoms with Gasteiger partial charge in [0.05, 0.1) is 0 Å². The summed E-state index contributed by atoms with van der Waals surface area (Å²) in [6.45, 7) is 5.87. The fraction of sp³-hybridized carbons (Fsp3) is 0.333.